The van der Waals surface area contributed by atoms with Crippen LogP contribution in [-0.4, -0.2) is 29.3 Å². The summed E-state index contributed by atoms with van der Waals surface area (Å²) in [6.07, 6.45) is 18.2. The molecule has 96 valence electrons. The van der Waals surface area contributed by atoms with Crippen molar-refractivity contribution in [2.45, 2.75) is 37.6 Å². The highest BCUT2D eigenvalue weighted by Gasteiger charge is 2.46. The first-order valence-electron chi connectivity index (χ1n) is 6.55. The van der Waals surface area contributed by atoms with Crippen molar-refractivity contribution >= 4 is 0 Å². The summed E-state index contributed by atoms with van der Waals surface area (Å²) in [5.74, 6) is 0. The molecule has 0 amide bonds. The van der Waals surface area contributed by atoms with Gasteiger partial charge in [-0.2, -0.15) is 0 Å². The Bertz CT molecular complexity index is 424. The van der Waals surface area contributed by atoms with Crippen LogP contribution < -0.4 is 0 Å². The summed E-state index contributed by atoms with van der Waals surface area (Å²) in [6, 6.07) is 0. The Labute approximate surface area is 108 Å². The molecule has 3 aliphatic heterocycles. The monoisotopic (exact) mass is 245 g/mol. The third-order valence-corrected chi connectivity index (χ3v) is 4.04. The van der Waals surface area contributed by atoms with Gasteiger partial charge in [-0.1, -0.05) is 12.2 Å². The van der Waals surface area contributed by atoms with Gasteiger partial charge in [-0.15, -0.1) is 0 Å². The molecule has 3 rings (SSSR count). The van der Waals surface area contributed by atoms with Crippen LogP contribution in [0.25, 0.3) is 0 Å². The van der Waals surface area contributed by atoms with Crippen molar-refractivity contribution < 1.29 is 9.47 Å². The number of hydrogen-bond donors (Lipinski definition) is 0. The minimum absolute atomic E-state index is 0.00144. The van der Waals surface area contributed by atoms with Gasteiger partial charge in [0.15, 0.2) is 6.23 Å². The second kappa shape index (κ2) is 4.65. The first-order valence-corrected chi connectivity index (χ1v) is 6.55. The van der Waals surface area contributed by atoms with Gasteiger partial charge in [0.1, 0.15) is 6.10 Å². The molecular formula is C15H19NO2. The molecule has 0 radical (unpaired) electrons. The quantitative estimate of drug-likeness (QED) is 0.746. The maximum Gasteiger partial charge on any atom is 0.171 e. The van der Waals surface area contributed by atoms with Crippen LogP contribution >= 0.6 is 0 Å². The first-order chi connectivity index (χ1) is 8.81. The molecule has 3 nitrogen and oxygen atoms in total. The van der Waals surface area contributed by atoms with Gasteiger partial charge < -0.3 is 9.47 Å². The lowest BCUT2D eigenvalue weighted by Crippen LogP contribution is -2.54. The molecule has 3 aliphatic rings. The highest BCUT2D eigenvalue weighted by Crippen LogP contribution is 2.37. The van der Waals surface area contributed by atoms with Crippen molar-refractivity contribution in [3.05, 3.63) is 49.0 Å². The average molecular weight is 245 g/mol. The lowest BCUT2D eigenvalue weighted by Gasteiger charge is -2.43. The summed E-state index contributed by atoms with van der Waals surface area (Å²) in [5, 5.41) is 0. The Morgan fingerprint density at radius 2 is 1.83 bits per heavy atom. The maximum absolute atomic E-state index is 5.78. The molecule has 0 spiro atoms. The minimum atomic E-state index is 0.00144. The first kappa shape index (κ1) is 11.6. The zero-order valence-corrected chi connectivity index (χ0v) is 10.7. The summed E-state index contributed by atoms with van der Waals surface area (Å²) in [6.45, 7) is 3.32. The number of ether oxygens (including phenoxy) is 2. The van der Waals surface area contributed by atoms with Crippen molar-refractivity contribution in [1.82, 2.24) is 4.90 Å². The number of hydrogen-bond acceptors (Lipinski definition) is 3. The van der Waals surface area contributed by atoms with E-state index in [9.17, 15) is 0 Å². The lowest BCUT2D eigenvalue weighted by molar-refractivity contribution is -0.0624. The van der Waals surface area contributed by atoms with Crippen molar-refractivity contribution in [1.29, 1.82) is 0 Å². The molecule has 3 heterocycles. The Hall–Kier alpha value is -1.48. The lowest BCUT2D eigenvalue weighted by atomic mass is 9.90. The topological polar surface area (TPSA) is 21.7 Å². The van der Waals surface area contributed by atoms with Crippen LogP contribution in [0.15, 0.2) is 49.0 Å². The molecule has 0 aliphatic carbocycles. The van der Waals surface area contributed by atoms with Crippen molar-refractivity contribution in [2.75, 3.05) is 6.54 Å². The van der Waals surface area contributed by atoms with E-state index in [4.69, 9.17) is 9.47 Å². The van der Waals surface area contributed by atoms with E-state index >= 15 is 0 Å². The molecule has 0 N–H and O–H groups in total. The standard InChI is InChI=1S/C15H19NO2/c1-15(13-7-2-4-11-17-13)9-6-10-16(15)14-8-3-5-12-18-14/h2-5,7-8,11-14H,6,9-10H2,1H3. The zero-order chi connectivity index (χ0) is 12.4. The number of allylic oxidation sites excluding steroid dienone is 4. The number of nitrogens with zero attached hydrogens (tertiary/aromatic N) is 1. The van der Waals surface area contributed by atoms with Crippen LogP contribution in [0.3, 0.4) is 0 Å². The summed E-state index contributed by atoms with van der Waals surface area (Å²) in [5.41, 5.74) is 0.00144. The van der Waals surface area contributed by atoms with Gasteiger partial charge in [-0.05, 0) is 44.1 Å². The Kier molecular flexibility index (Phi) is 3.00. The van der Waals surface area contributed by atoms with E-state index in [2.05, 4.69) is 30.1 Å². The summed E-state index contributed by atoms with van der Waals surface area (Å²) >= 11 is 0. The van der Waals surface area contributed by atoms with Gasteiger partial charge in [-0.3, -0.25) is 4.90 Å². The smallest absolute Gasteiger partial charge is 0.171 e. The summed E-state index contributed by atoms with van der Waals surface area (Å²) in [7, 11) is 0. The molecule has 18 heavy (non-hydrogen) atoms. The van der Waals surface area contributed by atoms with Gasteiger partial charge in [0.05, 0.1) is 18.1 Å². The molecule has 0 bridgehead atoms. The summed E-state index contributed by atoms with van der Waals surface area (Å²) in [4.78, 5) is 2.40. The van der Waals surface area contributed by atoms with Crippen LogP contribution in [0.4, 0.5) is 0 Å². The zero-order valence-electron chi connectivity index (χ0n) is 10.7. The largest absolute Gasteiger partial charge is 0.492 e. The van der Waals surface area contributed by atoms with Crippen molar-refractivity contribution in [3.8, 4) is 0 Å². The molecule has 1 fully saturated rings. The second-order valence-electron chi connectivity index (χ2n) is 5.16. The third-order valence-electron chi connectivity index (χ3n) is 4.04. The van der Waals surface area contributed by atoms with E-state index in [-0.39, 0.29) is 17.9 Å². The predicted molar refractivity (Wildman–Crippen MR) is 70.7 cm³/mol. The highest BCUT2D eigenvalue weighted by molar-refractivity contribution is 5.17. The molecule has 0 aromatic heterocycles. The van der Waals surface area contributed by atoms with E-state index in [0.717, 1.165) is 13.0 Å². The molecule has 3 heteroatoms. The minimum Gasteiger partial charge on any atom is -0.492 e. The fourth-order valence-electron chi connectivity index (χ4n) is 3.02. The van der Waals surface area contributed by atoms with Crippen LogP contribution in [0, 0.1) is 0 Å². The normalized spacial score (nSPS) is 38.7. The number of likely N-dealkylation sites (tertiary alicyclic amines) is 1. The molecule has 0 saturated carbocycles. The fraction of sp³-hybridized carbons (Fsp3) is 0.467. The van der Waals surface area contributed by atoms with Crippen molar-refractivity contribution in [3.63, 3.8) is 0 Å². The number of rotatable bonds is 2. The third kappa shape index (κ3) is 1.89. The van der Waals surface area contributed by atoms with E-state index in [1.54, 1.807) is 12.5 Å². The van der Waals surface area contributed by atoms with Crippen LogP contribution in [0.5, 0.6) is 0 Å². The molecule has 1 saturated heterocycles. The molecule has 3 atom stereocenters. The van der Waals surface area contributed by atoms with Crippen LogP contribution in [-0.2, 0) is 9.47 Å². The molecule has 0 aromatic rings. The molecular weight excluding hydrogens is 226 g/mol. The van der Waals surface area contributed by atoms with E-state index < -0.39 is 0 Å². The van der Waals surface area contributed by atoms with Gasteiger partial charge in [0, 0.05) is 6.54 Å². The van der Waals surface area contributed by atoms with Crippen molar-refractivity contribution in [2.24, 2.45) is 0 Å². The SMILES string of the molecule is CC1(C2C=CC=CO2)CCCN1C1C=CC=CO1. The Morgan fingerprint density at radius 3 is 2.50 bits per heavy atom. The maximum atomic E-state index is 5.78. The Balaban J connectivity index is 1.81. The average Bonchev–Trinajstić information content (AvgIpc) is 2.84. The van der Waals surface area contributed by atoms with Gasteiger partial charge >= 0.3 is 0 Å². The second-order valence-corrected chi connectivity index (χ2v) is 5.16. The summed E-state index contributed by atoms with van der Waals surface area (Å²) < 4.78 is 11.5. The molecule has 0 aromatic carbocycles. The highest BCUT2D eigenvalue weighted by atomic mass is 16.5. The van der Waals surface area contributed by atoms with Gasteiger partial charge in [0.2, 0.25) is 0 Å². The van der Waals surface area contributed by atoms with E-state index in [0.29, 0.717) is 0 Å². The van der Waals surface area contributed by atoms with E-state index in [1.807, 2.05) is 18.2 Å². The predicted octanol–water partition coefficient (Wildman–Crippen LogP) is 2.74. The van der Waals surface area contributed by atoms with E-state index in [1.165, 1.54) is 6.42 Å². The Morgan fingerprint density at radius 1 is 1.06 bits per heavy atom. The fourth-order valence-corrected chi connectivity index (χ4v) is 3.02. The van der Waals surface area contributed by atoms with Gasteiger partial charge in [0.25, 0.3) is 0 Å². The van der Waals surface area contributed by atoms with Crippen LogP contribution in [0.1, 0.15) is 19.8 Å². The van der Waals surface area contributed by atoms with Gasteiger partial charge in [-0.25, -0.2) is 0 Å². The molecule has 3 unspecified atom stereocenters. The van der Waals surface area contributed by atoms with Crippen LogP contribution in [0.2, 0.25) is 0 Å².